The molecule has 1 N–H and O–H groups in total. The van der Waals surface area contributed by atoms with Crippen LogP contribution in [0.2, 0.25) is 0 Å². The number of nitrogens with zero attached hydrogens (tertiary/aromatic N) is 1. The summed E-state index contributed by atoms with van der Waals surface area (Å²) in [6.07, 6.45) is -3.81. The molecule has 5 heteroatoms. The van der Waals surface area contributed by atoms with Crippen LogP contribution in [-0.4, -0.2) is 41.9 Å². The Hall–Kier alpha value is -1.07. The highest BCUT2D eigenvalue weighted by Crippen LogP contribution is 2.31. The van der Waals surface area contributed by atoms with Gasteiger partial charge in [0, 0.05) is 0 Å². The molecule has 1 aliphatic heterocycles. The number of alkyl halides is 3. The molecule has 1 aliphatic rings. The highest BCUT2D eigenvalue weighted by molar-refractivity contribution is 5.22. The fourth-order valence-electron chi connectivity index (χ4n) is 3.13. The Balaban J connectivity index is 1.69. The molecule has 0 saturated carbocycles. The van der Waals surface area contributed by atoms with Crippen LogP contribution in [0, 0.1) is 12.8 Å². The minimum atomic E-state index is -4.49. The molecular formula is C17H24F3NO. The van der Waals surface area contributed by atoms with Gasteiger partial charge in [-0.25, -0.2) is 0 Å². The van der Waals surface area contributed by atoms with E-state index in [0.29, 0.717) is 25.9 Å². The van der Waals surface area contributed by atoms with Gasteiger partial charge in [0.2, 0.25) is 0 Å². The molecule has 0 radical (unpaired) electrons. The van der Waals surface area contributed by atoms with Gasteiger partial charge in [0.15, 0.2) is 6.10 Å². The minimum absolute atomic E-state index is 0.422. The van der Waals surface area contributed by atoms with Crippen LogP contribution in [0.25, 0.3) is 0 Å². The number of aliphatic hydroxyl groups excluding tert-OH is 1. The first-order valence-corrected chi connectivity index (χ1v) is 7.89. The van der Waals surface area contributed by atoms with Crippen molar-refractivity contribution in [3.05, 3.63) is 35.4 Å². The van der Waals surface area contributed by atoms with E-state index in [1.807, 2.05) is 0 Å². The van der Waals surface area contributed by atoms with E-state index < -0.39 is 18.2 Å². The van der Waals surface area contributed by atoms with E-state index in [2.05, 4.69) is 36.1 Å². The molecule has 1 fully saturated rings. The van der Waals surface area contributed by atoms with Crippen LogP contribution in [-0.2, 0) is 6.42 Å². The Kier molecular flexibility index (Phi) is 5.87. The second-order valence-electron chi connectivity index (χ2n) is 6.26. The quantitative estimate of drug-likeness (QED) is 0.898. The Morgan fingerprint density at radius 1 is 1.27 bits per heavy atom. The van der Waals surface area contributed by atoms with Crippen molar-refractivity contribution in [1.82, 2.24) is 4.90 Å². The molecule has 1 heterocycles. The summed E-state index contributed by atoms with van der Waals surface area (Å²) < 4.78 is 37.5. The first-order valence-electron chi connectivity index (χ1n) is 7.89. The lowest BCUT2D eigenvalue weighted by Gasteiger charge is -2.34. The zero-order valence-corrected chi connectivity index (χ0v) is 12.9. The molecule has 0 aromatic heterocycles. The van der Waals surface area contributed by atoms with Gasteiger partial charge >= 0.3 is 6.18 Å². The smallest absolute Gasteiger partial charge is 0.383 e. The lowest BCUT2D eigenvalue weighted by atomic mass is 9.91. The minimum Gasteiger partial charge on any atom is -0.383 e. The Morgan fingerprint density at radius 3 is 2.55 bits per heavy atom. The molecule has 22 heavy (non-hydrogen) atoms. The summed E-state index contributed by atoms with van der Waals surface area (Å²) in [7, 11) is 0. The molecular weight excluding hydrogens is 291 g/mol. The monoisotopic (exact) mass is 315 g/mol. The summed E-state index contributed by atoms with van der Waals surface area (Å²) in [5.41, 5.74) is 2.56. The molecule has 1 atom stereocenters. The van der Waals surface area contributed by atoms with Crippen LogP contribution in [0.15, 0.2) is 24.3 Å². The van der Waals surface area contributed by atoms with Crippen molar-refractivity contribution in [2.75, 3.05) is 19.6 Å². The largest absolute Gasteiger partial charge is 0.414 e. The molecule has 1 saturated heterocycles. The molecule has 1 aromatic rings. The second kappa shape index (κ2) is 7.47. The van der Waals surface area contributed by atoms with E-state index in [0.717, 1.165) is 19.4 Å². The van der Waals surface area contributed by atoms with Gasteiger partial charge in [0.05, 0.1) is 0 Å². The van der Waals surface area contributed by atoms with E-state index in [4.69, 9.17) is 0 Å². The number of benzene rings is 1. The van der Waals surface area contributed by atoms with E-state index in [-0.39, 0.29) is 0 Å². The van der Waals surface area contributed by atoms with Crippen molar-refractivity contribution in [3.8, 4) is 0 Å². The zero-order chi connectivity index (χ0) is 16.2. The van der Waals surface area contributed by atoms with Crippen molar-refractivity contribution < 1.29 is 18.3 Å². The normalized spacial score (nSPS) is 19.3. The Labute approximate surface area is 129 Å². The Bertz CT molecular complexity index is 467. The number of aliphatic hydroxyl groups is 1. The van der Waals surface area contributed by atoms with Crippen LogP contribution in [0.4, 0.5) is 13.2 Å². The number of aryl methyl sites for hydroxylation is 2. The first-order chi connectivity index (χ1) is 10.4. The predicted molar refractivity (Wildman–Crippen MR) is 80.7 cm³/mol. The SMILES string of the molecule is Cc1cccc(CCCN2CCC(C(O)C(F)(F)F)CC2)c1. The third-order valence-electron chi connectivity index (χ3n) is 4.44. The van der Waals surface area contributed by atoms with E-state index in [1.54, 1.807) is 0 Å². The fraction of sp³-hybridized carbons (Fsp3) is 0.647. The summed E-state index contributed by atoms with van der Waals surface area (Å²) in [5.74, 6) is -0.645. The number of likely N-dealkylation sites (tertiary alicyclic amines) is 1. The van der Waals surface area contributed by atoms with E-state index in [1.165, 1.54) is 11.1 Å². The molecule has 2 nitrogen and oxygen atoms in total. The topological polar surface area (TPSA) is 23.5 Å². The summed E-state index contributed by atoms with van der Waals surface area (Å²) in [6, 6.07) is 8.40. The molecule has 0 aliphatic carbocycles. The van der Waals surface area contributed by atoms with Gasteiger partial charge in [-0.15, -0.1) is 0 Å². The van der Waals surface area contributed by atoms with Gasteiger partial charge in [0.25, 0.3) is 0 Å². The van der Waals surface area contributed by atoms with Crippen LogP contribution in [0.1, 0.15) is 30.4 Å². The number of rotatable bonds is 5. The molecule has 0 spiro atoms. The van der Waals surface area contributed by atoms with Crippen LogP contribution < -0.4 is 0 Å². The van der Waals surface area contributed by atoms with Crippen LogP contribution in [0.5, 0.6) is 0 Å². The van der Waals surface area contributed by atoms with Gasteiger partial charge in [-0.3, -0.25) is 0 Å². The maximum atomic E-state index is 12.5. The standard InChI is InChI=1S/C17H24F3NO/c1-13-4-2-5-14(12-13)6-3-9-21-10-7-15(8-11-21)16(22)17(18,19)20/h2,4-5,12,15-16,22H,3,6-11H2,1H3. The molecule has 0 bridgehead atoms. The van der Waals surface area contributed by atoms with Gasteiger partial charge in [0.1, 0.15) is 0 Å². The summed E-state index contributed by atoms with van der Waals surface area (Å²) in [5, 5.41) is 9.30. The number of piperidine rings is 1. The predicted octanol–water partition coefficient (Wildman–Crippen LogP) is 3.56. The third kappa shape index (κ3) is 4.99. The summed E-state index contributed by atoms with van der Waals surface area (Å²) >= 11 is 0. The fourth-order valence-corrected chi connectivity index (χ4v) is 3.13. The van der Waals surface area contributed by atoms with Gasteiger partial charge in [-0.2, -0.15) is 13.2 Å². The Morgan fingerprint density at radius 2 is 1.95 bits per heavy atom. The van der Waals surface area contributed by atoms with Crippen LogP contribution in [0.3, 0.4) is 0 Å². The highest BCUT2D eigenvalue weighted by Gasteiger charge is 2.43. The summed E-state index contributed by atoms with van der Waals surface area (Å²) in [6.45, 7) is 4.26. The lowest BCUT2D eigenvalue weighted by Crippen LogP contribution is -2.43. The average Bonchev–Trinajstić information content (AvgIpc) is 2.46. The van der Waals surface area contributed by atoms with Gasteiger partial charge in [-0.1, -0.05) is 29.8 Å². The first kappa shape index (κ1) is 17.3. The van der Waals surface area contributed by atoms with Gasteiger partial charge in [-0.05, 0) is 63.7 Å². The summed E-state index contributed by atoms with van der Waals surface area (Å²) in [4.78, 5) is 2.20. The van der Waals surface area contributed by atoms with Crippen molar-refractivity contribution in [2.24, 2.45) is 5.92 Å². The molecule has 124 valence electrons. The van der Waals surface area contributed by atoms with E-state index >= 15 is 0 Å². The third-order valence-corrected chi connectivity index (χ3v) is 4.44. The molecule has 1 unspecified atom stereocenters. The van der Waals surface area contributed by atoms with Crippen molar-refractivity contribution in [2.45, 2.75) is 44.9 Å². The number of hydrogen-bond acceptors (Lipinski definition) is 2. The molecule has 2 rings (SSSR count). The van der Waals surface area contributed by atoms with Crippen molar-refractivity contribution in [1.29, 1.82) is 0 Å². The maximum absolute atomic E-state index is 12.5. The average molecular weight is 315 g/mol. The lowest BCUT2D eigenvalue weighted by molar-refractivity contribution is -0.223. The zero-order valence-electron chi connectivity index (χ0n) is 12.9. The van der Waals surface area contributed by atoms with Crippen molar-refractivity contribution >= 4 is 0 Å². The van der Waals surface area contributed by atoms with Gasteiger partial charge < -0.3 is 10.0 Å². The molecule has 0 amide bonds. The van der Waals surface area contributed by atoms with E-state index in [9.17, 15) is 18.3 Å². The highest BCUT2D eigenvalue weighted by atomic mass is 19.4. The number of hydrogen-bond donors (Lipinski definition) is 1. The molecule has 1 aromatic carbocycles. The second-order valence-corrected chi connectivity index (χ2v) is 6.26. The van der Waals surface area contributed by atoms with Crippen molar-refractivity contribution in [3.63, 3.8) is 0 Å². The van der Waals surface area contributed by atoms with Crippen LogP contribution >= 0.6 is 0 Å². The number of halogens is 3. The maximum Gasteiger partial charge on any atom is 0.414 e.